The van der Waals surface area contributed by atoms with E-state index in [1.807, 2.05) is 0 Å². The summed E-state index contributed by atoms with van der Waals surface area (Å²) in [6, 6.07) is 2.96. The Morgan fingerprint density at radius 1 is 1.45 bits per heavy atom. The second-order valence-electron chi connectivity index (χ2n) is 2.53. The Labute approximate surface area is 64.0 Å². The number of aromatic nitrogens is 1. The fraction of sp³-hybridized carbons (Fsp3) is 0.375. The van der Waals surface area contributed by atoms with Crippen molar-refractivity contribution in [1.82, 2.24) is 4.98 Å². The van der Waals surface area contributed by atoms with Crippen LogP contribution in [0.4, 0.5) is 4.39 Å². The highest BCUT2D eigenvalue weighted by Crippen LogP contribution is 2.21. The van der Waals surface area contributed by atoms with E-state index in [1.165, 1.54) is 6.07 Å². The van der Waals surface area contributed by atoms with Crippen LogP contribution in [0.25, 0.3) is 0 Å². The third-order valence-corrected chi connectivity index (χ3v) is 1.71. The van der Waals surface area contributed by atoms with Gasteiger partial charge in [0.1, 0.15) is 5.75 Å². The van der Waals surface area contributed by atoms with Crippen molar-refractivity contribution in [1.29, 1.82) is 0 Å². The number of nitrogens with zero attached hydrogens (tertiary/aromatic N) is 1. The fourth-order valence-electron chi connectivity index (χ4n) is 1.19. The van der Waals surface area contributed by atoms with Gasteiger partial charge in [-0.3, -0.25) is 0 Å². The number of hydrogen-bond donors (Lipinski definition) is 0. The van der Waals surface area contributed by atoms with Crippen LogP contribution in [0, 0.1) is 5.95 Å². The molecule has 0 fully saturated rings. The second-order valence-corrected chi connectivity index (χ2v) is 2.53. The SMILES string of the molecule is Fc1ccc2c(n1)CCCO2. The summed E-state index contributed by atoms with van der Waals surface area (Å²) in [4.78, 5) is 3.72. The topological polar surface area (TPSA) is 22.1 Å². The summed E-state index contributed by atoms with van der Waals surface area (Å²) in [5, 5.41) is 0. The Morgan fingerprint density at radius 3 is 3.27 bits per heavy atom. The summed E-state index contributed by atoms with van der Waals surface area (Å²) in [6.45, 7) is 0.723. The highest BCUT2D eigenvalue weighted by atomic mass is 19.1. The van der Waals surface area contributed by atoms with Crippen molar-refractivity contribution in [3.63, 3.8) is 0 Å². The average Bonchev–Trinajstić information content (AvgIpc) is 2.04. The molecule has 0 saturated carbocycles. The van der Waals surface area contributed by atoms with E-state index in [2.05, 4.69) is 4.98 Å². The monoisotopic (exact) mass is 153 g/mol. The predicted octanol–water partition coefficient (Wildman–Crippen LogP) is 1.55. The summed E-state index contributed by atoms with van der Waals surface area (Å²) < 4.78 is 17.8. The van der Waals surface area contributed by atoms with E-state index in [0.717, 1.165) is 30.9 Å². The van der Waals surface area contributed by atoms with Crippen LogP contribution in [0.15, 0.2) is 12.1 Å². The van der Waals surface area contributed by atoms with Crippen molar-refractivity contribution in [3.8, 4) is 5.75 Å². The van der Waals surface area contributed by atoms with Crippen molar-refractivity contribution in [2.24, 2.45) is 0 Å². The number of rotatable bonds is 0. The van der Waals surface area contributed by atoms with Gasteiger partial charge < -0.3 is 4.74 Å². The molecule has 58 valence electrons. The van der Waals surface area contributed by atoms with Crippen LogP contribution < -0.4 is 4.74 Å². The molecular formula is C8H8FNO. The van der Waals surface area contributed by atoms with E-state index in [-0.39, 0.29) is 0 Å². The molecule has 1 aromatic heterocycles. The minimum absolute atomic E-state index is 0.422. The van der Waals surface area contributed by atoms with E-state index >= 15 is 0 Å². The molecule has 0 radical (unpaired) electrons. The summed E-state index contributed by atoms with van der Waals surface area (Å²) in [5.41, 5.74) is 0.747. The standard InChI is InChI=1S/C8H8FNO/c9-8-4-3-7-6(10-8)2-1-5-11-7/h3-4H,1-2,5H2. The molecule has 2 heterocycles. The van der Waals surface area contributed by atoms with Crippen LogP contribution in [-0.4, -0.2) is 11.6 Å². The summed E-state index contributed by atoms with van der Waals surface area (Å²) in [5.74, 6) is 0.312. The zero-order valence-corrected chi connectivity index (χ0v) is 6.01. The van der Waals surface area contributed by atoms with Crippen molar-refractivity contribution >= 4 is 0 Å². The van der Waals surface area contributed by atoms with Crippen molar-refractivity contribution in [2.45, 2.75) is 12.8 Å². The maximum absolute atomic E-state index is 12.5. The lowest BCUT2D eigenvalue weighted by atomic mass is 10.2. The Bertz CT molecular complexity index is 275. The van der Waals surface area contributed by atoms with Crippen LogP contribution >= 0.6 is 0 Å². The molecule has 1 aliphatic rings. The van der Waals surface area contributed by atoms with Gasteiger partial charge in [0.15, 0.2) is 0 Å². The first-order valence-electron chi connectivity index (χ1n) is 3.64. The molecular weight excluding hydrogens is 145 g/mol. The first-order valence-corrected chi connectivity index (χ1v) is 3.64. The van der Waals surface area contributed by atoms with Gasteiger partial charge in [0.2, 0.25) is 5.95 Å². The third-order valence-electron chi connectivity index (χ3n) is 1.71. The minimum Gasteiger partial charge on any atom is -0.492 e. The molecule has 0 saturated heterocycles. The minimum atomic E-state index is -0.422. The van der Waals surface area contributed by atoms with Crippen LogP contribution in [-0.2, 0) is 6.42 Å². The molecule has 0 aromatic carbocycles. The Balaban J connectivity index is 2.43. The molecule has 0 N–H and O–H groups in total. The Kier molecular flexibility index (Phi) is 1.49. The van der Waals surface area contributed by atoms with Gasteiger partial charge in [-0.1, -0.05) is 0 Å². The van der Waals surface area contributed by atoms with Crippen molar-refractivity contribution in [3.05, 3.63) is 23.8 Å². The van der Waals surface area contributed by atoms with E-state index in [9.17, 15) is 4.39 Å². The molecule has 1 aromatic rings. The van der Waals surface area contributed by atoms with Crippen LogP contribution in [0.2, 0.25) is 0 Å². The maximum atomic E-state index is 12.5. The molecule has 11 heavy (non-hydrogen) atoms. The van der Waals surface area contributed by atoms with Gasteiger partial charge in [-0.25, -0.2) is 4.98 Å². The molecule has 2 rings (SSSR count). The zero-order valence-electron chi connectivity index (χ0n) is 6.01. The predicted molar refractivity (Wildman–Crippen MR) is 38.0 cm³/mol. The summed E-state index contributed by atoms with van der Waals surface area (Å²) in [6.07, 6.45) is 1.76. The van der Waals surface area contributed by atoms with E-state index < -0.39 is 5.95 Å². The number of ether oxygens (including phenoxy) is 1. The van der Waals surface area contributed by atoms with Gasteiger partial charge in [0, 0.05) is 0 Å². The third kappa shape index (κ3) is 1.18. The fourth-order valence-corrected chi connectivity index (χ4v) is 1.19. The maximum Gasteiger partial charge on any atom is 0.213 e. The Hall–Kier alpha value is -1.12. The van der Waals surface area contributed by atoms with Crippen LogP contribution in [0.3, 0.4) is 0 Å². The summed E-state index contributed by atoms with van der Waals surface area (Å²) >= 11 is 0. The molecule has 0 aliphatic carbocycles. The highest BCUT2D eigenvalue weighted by Gasteiger charge is 2.11. The normalized spacial score (nSPS) is 15.4. The first kappa shape index (κ1) is 6.58. The van der Waals surface area contributed by atoms with Gasteiger partial charge in [0.25, 0.3) is 0 Å². The quantitative estimate of drug-likeness (QED) is 0.527. The van der Waals surface area contributed by atoms with E-state index in [0.29, 0.717) is 0 Å². The average molecular weight is 153 g/mol. The molecule has 0 bridgehead atoms. The largest absolute Gasteiger partial charge is 0.492 e. The lowest BCUT2D eigenvalue weighted by Crippen LogP contribution is -2.10. The van der Waals surface area contributed by atoms with E-state index in [1.54, 1.807) is 6.07 Å². The van der Waals surface area contributed by atoms with Gasteiger partial charge in [0.05, 0.1) is 12.3 Å². The van der Waals surface area contributed by atoms with Gasteiger partial charge in [-0.05, 0) is 25.0 Å². The Morgan fingerprint density at radius 2 is 2.36 bits per heavy atom. The molecule has 0 amide bonds. The number of pyridine rings is 1. The summed E-state index contributed by atoms with van der Waals surface area (Å²) in [7, 11) is 0. The van der Waals surface area contributed by atoms with Gasteiger partial charge in [-0.2, -0.15) is 4.39 Å². The first-order chi connectivity index (χ1) is 5.36. The smallest absolute Gasteiger partial charge is 0.213 e. The van der Waals surface area contributed by atoms with Crippen molar-refractivity contribution < 1.29 is 9.13 Å². The molecule has 2 nitrogen and oxygen atoms in total. The number of fused-ring (bicyclic) bond motifs is 1. The lowest BCUT2D eigenvalue weighted by molar-refractivity contribution is 0.283. The molecule has 3 heteroatoms. The number of aryl methyl sites for hydroxylation is 1. The molecule has 0 atom stereocenters. The molecule has 0 spiro atoms. The van der Waals surface area contributed by atoms with E-state index in [4.69, 9.17) is 4.74 Å². The molecule has 1 aliphatic heterocycles. The van der Waals surface area contributed by atoms with Crippen LogP contribution in [0.5, 0.6) is 5.75 Å². The second kappa shape index (κ2) is 2.49. The lowest BCUT2D eigenvalue weighted by Gasteiger charge is -2.15. The molecule has 0 unspecified atom stereocenters. The van der Waals surface area contributed by atoms with Crippen LogP contribution in [0.1, 0.15) is 12.1 Å². The number of hydrogen-bond acceptors (Lipinski definition) is 2. The zero-order chi connectivity index (χ0) is 7.68. The van der Waals surface area contributed by atoms with Gasteiger partial charge in [-0.15, -0.1) is 0 Å². The highest BCUT2D eigenvalue weighted by molar-refractivity contribution is 5.28. The van der Waals surface area contributed by atoms with Crippen molar-refractivity contribution in [2.75, 3.05) is 6.61 Å². The number of halogens is 1. The van der Waals surface area contributed by atoms with Gasteiger partial charge >= 0.3 is 0 Å².